The van der Waals surface area contributed by atoms with Crippen LogP contribution in [0.3, 0.4) is 0 Å². The number of aromatic nitrogens is 1. The van der Waals surface area contributed by atoms with Gasteiger partial charge in [0.1, 0.15) is 5.75 Å². The van der Waals surface area contributed by atoms with Crippen LogP contribution in [0.5, 0.6) is 5.75 Å². The van der Waals surface area contributed by atoms with E-state index < -0.39 is 5.97 Å². The quantitative estimate of drug-likeness (QED) is 0.913. The van der Waals surface area contributed by atoms with Gasteiger partial charge in [0.25, 0.3) is 0 Å². The lowest BCUT2D eigenvalue weighted by Gasteiger charge is -2.09. The van der Waals surface area contributed by atoms with E-state index in [4.69, 9.17) is 26.0 Å². The lowest BCUT2D eigenvalue weighted by atomic mass is 10.1. The molecule has 2 aromatic rings. The Kier molecular flexibility index (Phi) is 3.36. The first kappa shape index (κ1) is 13.0. The van der Waals surface area contributed by atoms with E-state index in [0.717, 1.165) is 0 Å². The molecule has 0 radical (unpaired) electrons. The van der Waals surface area contributed by atoms with Crippen molar-refractivity contribution < 1.29 is 19.2 Å². The molecule has 6 heteroatoms. The van der Waals surface area contributed by atoms with Crippen molar-refractivity contribution in [2.24, 2.45) is 5.92 Å². The monoisotopic (exact) mass is 293 g/mol. The molecule has 20 heavy (non-hydrogen) atoms. The highest BCUT2D eigenvalue weighted by Gasteiger charge is 2.23. The Hall–Kier alpha value is -2.01. The summed E-state index contributed by atoms with van der Waals surface area (Å²) in [5.41, 5.74) is 0.417. The van der Waals surface area contributed by atoms with Gasteiger partial charge in [-0.1, -0.05) is 22.8 Å². The van der Waals surface area contributed by atoms with Gasteiger partial charge in [-0.15, -0.1) is 0 Å². The minimum absolute atomic E-state index is 0.152. The highest BCUT2D eigenvalue weighted by molar-refractivity contribution is 6.34. The fourth-order valence-electron chi connectivity index (χ4n) is 1.81. The third-order valence-corrected chi connectivity index (χ3v) is 3.52. The Morgan fingerprint density at radius 2 is 2.30 bits per heavy atom. The number of carboxylic acids is 1. The molecule has 1 N–H and O–H groups in total. The molecule has 0 spiro atoms. The van der Waals surface area contributed by atoms with Crippen molar-refractivity contribution in [3.8, 4) is 17.1 Å². The Labute approximate surface area is 120 Å². The van der Waals surface area contributed by atoms with Gasteiger partial charge in [0.2, 0.25) is 0 Å². The van der Waals surface area contributed by atoms with Crippen molar-refractivity contribution >= 4 is 17.6 Å². The third-order valence-electron chi connectivity index (χ3n) is 3.13. The van der Waals surface area contributed by atoms with Gasteiger partial charge in [-0.05, 0) is 30.9 Å². The maximum atomic E-state index is 10.8. The van der Waals surface area contributed by atoms with Crippen LogP contribution in [0.25, 0.3) is 11.3 Å². The third kappa shape index (κ3) is 2.63. The Morgan fingerprint density at radius 3 is 2.95 bits per heavy atom. The normalized spacial score (nSPS) is 14.2. The molecule has 0 amide bonds. The van der Waals surface area contributed by atoms with Crippen molar-refractivity contribution in [1.82, 2.24) is 5.16 Å². The molecular weight excluding hydrogens is 282 g/mol. The number of hydrogen-bond acceptors (Lipinski definition) is 4. The molecule has 104 valence electrons. The first-order valence-electron chi connectivity index (χ1n) is 6.27. The Balaban J connectivity index is 1.87. The molecule has 5 nitrogen and oxygen atoms in total. The van der Waals surface area contributed by atoms with Crippen molar-refractivity contribution in [2.45, 2.75) is 12.8 Å². The minimum atomic E-state index is -1.14. The second-order valence-corrected chi connectivity index (χ2v) is 5.13. The molecule has 1 fully saturated rings. The number of aromatic carboxylic acids is 1. The number of halogens is 1. The topological polar surface area (TPSA) is 72.6 Å². The van der Waals surface area contributed by atoms with Gasteiger partial charge in [-0.2, -0.15) is 0 Å². The molecule has 0 bridgehead atoms. The van der Waals surface area contributed by atoms with Gasteiger partial charge in [0.05, 0.1) is 11.6 Å². The second-order valence-electron chi connectivity index (χ2n) is 4.75. The van der Waals surface area contributed by atoms with E-state index in [1.165, 1.54) is 18.9 Å². The summed E-state index contributed by atoms with van der Waals surface area (Å²) in [7, 11) is 0. The van der Waals surface area contributed by atoms with E-state index in [1.807, 2.05) is 0 Å². The number of nitrogens with zero attached hydrogens (tertiary/aromatic N) is 1. The fraction of sp³-hybridized carbons (Fsp3) is 0.286. The summed E-state index contributed by atoms with van der Waals surface area (Å²) >= 11 is 6.28. The van der Waals surface area contributed by atoms with Gasteiger partial charge in [-0.25, -0.2) is 4.79 Å². The average molecular weight is 294 g/mol. The minimum Gasteiger partial charge on any atom is -0.492 e. The van der Waals surface area contributed by atoms with E-state index in [2.05, 4.69) is 5.16 Å². The molecule has 1 aliphatic carbocycles. The van der Waals surface area contributed by atoms with Gasteiger partial charge < -0.3 is 14.4 Å². The molecule has 0 aliphatic heterocycles. The van der Waals surface area contributed by atoms with Crippen LogP contribution in [0.1, 0.15) is 23.3 Å². The first-order chi connectivity index (χ1) is 9.65. The zero-order chi connectivity index (χ0) is 14.1. The van der Waals surface area contributed by atoms with E-state index in [1.54, 1.807) is 18.2 Å². The molecule has 1 heterocycles. The van der Waals surface area contributed by atoms with Crippen molar-refractivity contribution in [3.05, 3.63) is 35.0 Å². The first-order valence-corrected chi connectivity index (χ1v) is 6.64. The van der Waals surface area contributed by atoms with Crippen LogP contribution in [-0.2, 0) is 0 Å². The number of hydrogen-bond donors (Lipinski definition) is 1. The fourth-order valence-corrected chi connectivity index (χ4v) is 2.08. The molecular formula is C14H12ClNO4. The van der Waals surface area contributed by atoms with Gasteiger partial charge >= 0.3 is 5.97 Å². The number of ether oxygens (including phenoxy) is 1. The molecule has 0 atom stereocenters. The van der Waals surface area contributed by atoms with Crippen LogP contribution in [0.2, 0.25) is 5.02 Å². The van der Waals surface area contributed by atoms with Crippen molar-refractivity contribution in [3.63, 3.8) is 0 Å². The van der Waals surface area contributed by atoms with E-state index in [0.29, 0.717) is 34.6 Å². The Morgan fingerprint density at radius 1 is 1.50 bits per heavy atom. The van der Waals surface area contributed by atoms with E-state index in [-0.39, 0.29) is 5.69 Å². The summed E-state index contributed by atoms with van der Waals surface area (Å²) in [6, 6.07) is 6.64. The van der Waals surface area contributed by atoms with Crippen LogP contribution in [-0.4, -0.2) is 22.8 Å². The molecule has 1 aromatic carbocycles. The molecule has 1 aliphatic rings. The van der Waals surface area contributed by atoms with Crippen molar-refractivity contribution in [1.29, 1.82) is 0 Å². The summed E-state index contributed by atoms with van der Waals surface area (Å²) in [4.78, 5) is 10.8. The predicted molar refractivity (Wildman–Crippen MR) is 72.1 cm³/mol. The molecule has 0 unspecified atom stereocenters. The van der Waals surface area contributed by atoms with Crippen molar-refractivity contribution in [2.75, 3.05) is 6.61 Å². The van der Waals surface area contributed by atoms with Gasteiger partial charge in [-0.3, -0.25) is 0 Å². The molecule has 1 saturated carbocycles. The predicted octanol–water partition coefficient (Wildman–Crippen LogP) is 3.48. The SMILES string of the molecule is O=C(O)c1cc(-c2cccc(OCC3CC3)c2Cl)on1. The van der Waals surface area contributed by atoms with Crippen LogP contribution in [0, 0.1) is 5.92 Å². The number of rotatable bonds is 5. The van der Waals surface area contributed by atoms with Crippen LogP contribution in [0.4, 0.5) is 0 Å². The molecule has 3 rings (SSSR count). The zero-order valence-electron chi connectivity index (χ0n) is 10.5. The van der Waals surface area contributed by atoms with Gasteiger partial charge in [0.15, 0.2) is 11.5 Å². The molecule has 0 saturated heterocycles. The number of carboxylic acid groups (broad SMARTS) is 1. The summed E-state index contributed by atoms with van der Waals surface area (Å²) in [6.07, 6.45) is 2.39. The van der Waals surface area contributed by atoms with E-state index >= 15 is 0 Å². The molecule has 1 aromatic heterocycles. The maximum Gasteiger partial charge on any atom is 0.358 e. The van der Waals surface area contributed by atoms with Crippen LogP contribution >= 0.6 is 11.6 Å². The highest BCUT2D eigenvalue weighted by atomic mass is 35.5. The largest absolute Gasteiger partial charge is 0.492 e. The summed E-state index contributed by atoms with van der Waals surface area (Å²) in [6.45, 7) is 0.653. The zero-order valence-corrected chi connectivity index (χ0v) is 11.3. The highest BCUT2D eigenvalue weighted by Crippen LogP contribution is 2.37. The van der Waals surface area contributed by atoms with E-state index in [9.17, 15) is 4.79 Å². The standard InChI is InChI=1S/C14H12ClNO4/c15-13-9(12-6-10(14(17)18)16-20-12)2-1-3-11(13)19-7-8-4-5-8/h1-3,6,8H,4-5,7H2,(H,17,18). The lowest BCUT2D eigenvalue weighted by Crippen LogP contribution is -1.99. The Bertz CT molecular complexity index is 648. The van der Waals surface area contributed by atoms with Crippen LogP contribution < -0.4 is 4.74 Å². The lowest BCUT2D eigenvalue weighted by molar-refractivity contribution is 0.0686. The summed E-state index contributed by atoms with van der Waals surface area (Å²) < 4.78 is 10.7. The summed E-state index contributed by atoms with van der Waals surface area (Å²) in [5.74, 6) is 0.365. The average Bonchev–Trinajstić information content (AvgIpc) is 3.12. The number of benzene rings is 1. The number of carbonyl (C=O) groups is 1. The van der Waals surface area contributed by atoms with Crippen LogP contribution in [0.15, 0.2) is 28.8 Å². The summed E-state index contributed by atoms with van der Waals surface area (Å²) in [5, 5.41) is 12.7. The smallest absolute Gasteiger partial charge is 0.358 e. The maximum absolute atomic E-state index is 10.8. The second kappa shape index (κ2) is 5.17. The van der Waals surface area contributed by atoms with Gasteiger partial charge in [0, 0.05) is 11.6 Å².